The first-order chi connectivity index (χ1) is 5.37. The Labute approximate surface area is 71.8 Å². The predicted molar refractivity (Wildman–Crippen MR) is 43.7 cm³/mol. The Bertz CT molecular complexity index is 155. The van der Waals surface area contributed by atoms with E-state index >= 15 is 0 Å². The van der Waals surface area contributed by atoms with E-state index in [2.05, 4.69) is 0 Å². The van der Waals surface area contributed by atoms with Gasteiger partial charge in [0.25, 0.3) is 0 Å². The number of carboxylic acids is 1. The van der Waals surface area contributed by atoms with Crippen LogP contribution in [0.2, 0.25) is 0 Å². The van der Waals surface area contributed by atoms with Gasteiger partial charge >= 0.3 is 5.97 Å². The second-order valence-corrected chi connectivity index (χ2v) is 3.22. The largest absolute Gasteiger partial charge is 0.481 e. The van der Waals surface area contributed by atoms with Crippen LogP contribution in [0.1, 0.15) is 20.8 Å². The smallest absolute Gasteiger partial charge is 0.308 e. The van der Waals surface area contributed by atoms with E-state index in [1.165, 1.54) is 13.8 Å². The van der Waals surface area contributed by atoms with Gasteiger partial charge in [-0.1, -0.05) is 6.92 Å². The van der Waals surface area contributed by atoms with Crippen LogP contribution in [0.3, 0.4) is 0 Å². The van der Waals surface area contributed by atoms with Crippen LogP contribution in [0.5, 0.6) is 0 Å². The van der Waals surface area contributed by atoms with Gasteiger partial charge in [-0.3, -0.25) is 4.79 Å². The third-order valence-corrected chi connectivity index (χ3v) is 2.20. The van der Waals surface area contributed by atoms with Crippen LogP contribution in [0.4, 0.5) is 0 Å². The van der Waals surface area contributed by atoms with Crippen molar-refractivity contribution in [1.82, 2.24) is 0 Å². The van der Waals surface area contributed by atoms with E-state index in [4.69, 9.17) is 10.2 Å². The minimum absolute atomic E-state index is 0.420. The molecule has 4 nitrogen and oxygen atoms in total. The number of carboxylic acid groups (broad SMARTS) is 1. The van der Waals surface area contributed by atoms with Gasteiger partial charge < -0.3 is 15.3 Å². The molecule has 0 radical (unpaired) electrons. The summed E-state index contributed by atoms with van der Waals surface area (Å²) >= 11 is 0. The summed E-state index contributed by atoms with van der Waals surface area (Å²) in [6.45, 7) is 4.57. The van der Waals surface area contributed by atoms with E-state index in [-0.39, 0.29) is 0 Å². The minimum Gasteiger partial charge on any atom is -0.481 e. The van der Waals surface area contributed by atoms with Crippen molar-refractivity contribution >= 4 is 5.97 Å². The zero-order chi connectivity index (χ0) is 9.89. The molecule has 0 aliphatic carbocycles. The maximum atomic E-state index is 10.4. The average molecular weight is 176 g/mol. The van der Waals surface area contributed by atoms with E-state index in [1.807, 2.05) is 0 Å². The summed E-state index contributed by atoms with van der Waals surface area (Å²) in [6.07, 6.45) is -1.69. The molecule has 0 bridgehead atoms. The summed E-state index contributed by atoms with van der Waals surface area (Å²) in [5, 5.41) is 27.0. The number of aliphatic hydroxyl groups is 2. The first-order valence-electron chi connectivity index (χ1n) is 3.96. The number of aliphatic hydroxyl groups excluding tert-OH is 2. The second-order valence-electron chi connectivity index (χ2n) is 3.22. The van der Waals surface area contributed by atoms with Crippen molar-refractivity contribution in [2.75, 3.05) is 0 Å². The number of rotatable bonds is 4. The Morgan fingerprint density at radius 2 is 1.58 bits per heavy atom. The summed E-state index contributed by atoms with van der Waals surface area (Å²) in [4.78, 5) is 10.4. The van der Waals surface area contributed by atoms with Crippen LogP contribution in [0, 0.1) is 11.8 Å². The van der Waals surface area contributed by atoms with Crippen LogP contribution in [-0.2, 0) is 4.79 Å². The number of hydrogen-bond donors (Lipinski definition) is 3. The van der Waals surface area contributed by atoms with Crippen molar-refractivity contribution in [2.24, 2.45) is 11.8 Å². The fraction of sp³-hybridized carbons (Fsp3) is 0.875. The lowest BCUT2D eigenvalue weighted by Crippen LogP contribution is -2.36. The molecule has 4 heteroatoms. The van der Waals surface area contributed by atoms with Crippen molar-refractivity contribution in [2.45, 2.75) is 33.0 Å². The monoisotopic (exact) mass is 176 g/mol. The fourth-order valence-corrected chi connectivity index (χ4v) is 0.887. The summed E-state index contributed by atoms with van der Waals surface area (Å²) in [5.74, 6) is -2.30. The topological polar surface area (TPSA) is 77.8 Å². The van der Waals surface area contributed by atoms with Gasteiger partial charge in [-0.05, 0) is 13.8 Å². The zero-order valence-corrected chi connectivity index (χ0v) is 7.56. The van der Waals surface area contributed by atoms with Crippen molar-refractivity contribution in [3.8, 4) is 0 Å². The Kier molecular flexibility index (Phi) is 4.20. The highest BCUT2D eigenvalue weighted by atomic mass is 16.4. The molecule has 4 atom stereocenters. The van der Waals surface area contributed by atoms with Crippen molar-refractivity contribution in [3.63, 3.8) is 0 Å². The molecule has 0 heterocycles. The molecular weight excluding hydrogens is 160 g/mol. The lowest BCUT2D eigenvalue weighted by atomic mass is 9.90. The number of hydrogen-bond acceptors (Lipinski definition) is 3. The van der Waals surface area contributed by atoms with Crippen molar-refractivity contribution in [1.29, 1.82) is 0 Å². The first kappa shape index (κ1) is 11.4. The maximum Gasteiger partial charge on any atom is 0.308 e. The summed E-state index contributed by atoms with van der Waals surface area (Å²) in [7, 11) is 0. The Morgan fingerprint density at radius 1 is 1.17 bits per heavy atom. The highest BCUT2D eigenvalue weighted by Gasteiger charge is 2.28. The third kappa shape index (κ3) is 2.79. The summed E-state index contributed by atoms with van der Waals surface area (Å²) < 4.78 is 0. The standard InChI is InChI=1S/C8H16O4/c1-4(6(3)9)7(10)5(2)8(11)12/h4-7,9-10H,1-3H3,(H,11,12)/t4-,5+,6?,7-/m0/s1. The van der Waals surface area contributed by atoms with Gasteiger partial charge in [0.2, 0.25) is 0 Å². The van der Waals surface area contributed by atoms with Crippen molar-refractivity contribution < 1.29 is 20.1 Å². The molecule has 3 N–H and O–H groups in total. The van der Waals surface area contributed by atoms with Gasteiger partial charge in [0.05, 0.1) is 18.1 Å². The Balaban J connectivity index is 4.18. The third-order valence-electron chi connectivity index (χ3n) is 2.20. The molecule has 0 saturated carbocycles. The van der Waals surface area contributed by atoms with E-state index in [0.717, 1.165) is 0 Å². The maximum absolute atomic E-state index is 10.4. The molecule has 0 amide bonds. The molecular formula is C8H16O4. The van der Waals surface area contributed by atoms with Gasteiger partial charge in [0.15, 0.2) is 0 Å². The fourth-order valence-electron chi connectivity index (χ4n) is 0.887. The molecule has 0 aliphatic rings. The Hall–Kier alpha value is -0.610. The molecule has 0 aromatic heterocycles. The molecule has 72 valence electrons. The van der Waals surface area contributed by atoms with Crippen LogP contribution in [-0.4, -0.2) is 33.5 Å². The van der Waals surface area contributed by atoms with Crippen LogP contribution < -0.4 is 0 Å². The van der Waals surface area contributed by atoms with E-state index < -0.39 is 30.0 Å². The lowest BCUT2D eigenvalue weighted by molar-refractivity contribution is -0.147. The van der Waals surface area contributed by atoms with Gasteiger partial charge in [0.1, 0.15) is 0 Å². The highest BCUT2D eigenvalue weighted by molar-refractivity contribution is 5.70. The quantitative estimate of drug-likeness (QED) is 0.567. The van der Waals surface area contributed by atoms with E-state index in [0.29, 0.717) is 0 Å². The summed E-state index contributed by atoms with van der Waals surface area (Å²) in [5.41, 5.74) is 0. The molecule has 0 saturated heterocycles. The predicted octanol–water partition coefficient (Wildman–Crippen LogP) is 0.0849. The molecule has 12 heavy (non-hydrogen) atoms. The molecule has 0 aromatic rings. The lowest BCUT2D eigenvalue weighted by Gasteiger charge is -2.24. The van der Waals surface area contributed by atoms with Gasteiger partial charge in [-0.2, -0.15) is 0 Å². The zero-order valence-electron chi connectivity index (χ0n) is 7.56. The molecule has 0 aromatic carbocycles. The first-order valence-corrected chi connectivity index (χ1v) is 3.96. The number of carbonyl (C=O) groups is 1. The van der Waals surface area contributed by atoms with E-state index in [9.17, 15) is 9.90 Å². The minimum atomic E-state index is -1.05. The molecule has 1 unspecified atom stereocenters. The van der Waals surface area contributed by atoms with Crippen LogP contribution in [0.15, 0.2) is 0 Å². The molecule has 0 spiro atoms. The SMILES string of the molecule is CC(O)[C@H](C)[C@H](O)[C@@H](C)C(=O)O. The normalized spacial score (nSPS) is 21.1. The Morgan fingerprint density at radius 3 is 1.83 bits per heavy atom. The molecule has 0 rings (SSSR count). The molecule has 0 aliphatic heterocycles. The van der Waals surface area contributed by atoms with Gasteiger partial charge in [-0.15, -0.1) is 0 Å². The average Bonchev–Trinajstić information content (AvgIpc) is 2.00. The van der Waals surface area contributed by atoms with Gasteiger partial charge in [-0.25, -0.2) is 0 Å². The highest BCUT2D eigenvalue weighted by Crippen LogP contribution is 2.16. The number of aliphatic carboxylic acids is 1. The van der Waals surface area contributed by atoms with Crippen LogP contribution in [0.25, 0.3) is 0 Å². The van der Waals surface area contributed by atoms with Crippen LogP contribution >= 0.6 is 0 Å². The second kappa shape index (κ2) is 4.42. The van der Waals surface area contributed by atoms with E-state index in [1.54, 1.807) is 6.92 Å². The van der Waals surface area contributed by atoms with Gasteiger partial charge in [0, 0.05) is 5.92 Å². The molecule has 0 fully saturated rings. The van der Waals surface area contributed by atoms with Crippen molar-refractivity contribution in [3.05, 3.63) is 0 Å². The summed E-state index contributed by atoms with van der Waals surface area (Å²) in [6, 6.07) is 0.